The van der Waals surface area contributed by atoms with Gasteiger partial charge in [-0.1, -0.05) is 39.0 Å². The molecule has 0 aliphatic carbocycles. The average molecular weight is 270 g/mol. The van der Waals surface area contributed by atoms with Gasteiger partial charge in [-0.2, -0.15) is 0 Å². The van der Waals surface area contributed by atoms with E-state index >= 15 is 0 Å². The number of carbonyl (C=O) groups excluding carboxylic acids is 1. The molecule has 0 aromatic heterocycles. The molecule has 2 unspecified atom stereocenters. The van der Waals surface area contributed by atoms with E-state index in [1.807, 2.05) is 25.7 Å². The maximum absolute atomic E-state index is 12.1. The predicted octanol–water partition coefficient (Wildman–Crippen LogP) is 3.58. The number of nitrogens with zero attached hydrogens (tertiary/aromatic N) is 1. The number of carbonyl (C=O) groups is 1. The van der Waals surface area contributed by atoms with Gasteiger partial charge in [-0.05, 0) is 34.1 Å². The predicted molar refractivity (Wildman–Crippen MR) is 83.4 cm³/mol. The lowest BCUT2D eigenvalue weighted by atomic mass is 10.1. The summed E-state index contributed by atoms with van der Waals surface area (Å²) < 4.78 is 0. The van der Waals surface area contributed by atoms with Gasteiger partial charge in [0.2, 0.25) is 5.91 Å². The number of hydrogen-bond acceptors (Lipinski definition) is 2. The first-order valence-electron chi connectivity index (χ1n) is 8.11. The van der Waals surface area contributed by atoms with E-state index in [1.165, 1.54) is 38.5 Å². The van der Waals surface area contributed by atoms with Crippen molar-refractivity contribution < 1.29 is 4.79 Å². The van der Waals surface area contributed by atoms with Crippen molar-refractivity contribution in [1.29, 1.82) is 0 Å². The quantitative estimate of drug-likeness (QED) is 0.582. The lowest BCUT2D eigenvalue weighted by molar-refractivity contribution is -0.132. The third-order valence-electron chi connectivity index (χ3n) is 3.72. The van der Waals surface area contributed by atoms with Gasteiger partial charge in [0.1, 0.15) is 0 Å². The van der Waals surface area contributed by atoms with E-state index in [4.69, 9.17) is 0 Å². The summed E-state index contributed by atoms with van der Waals surface area (Å²) in [6.45, 7) is 12.1. The number of nitrogens with one attached hydrogen (secondary N) is 1. The first kappa shape index (κ1) is 18.4. The molecule has 0 spiro atoms. The van der Waals surface area contributed by atoms with Gasteiger partial charge in [0, 0.05) is 19.1 Å². The Morgan fingerprint density at radius 3 is 2.11 bits per heavy atom. The number of hydrogen-bond donors (Lipinski definition) is 1. The van der Waals surface area contributed by atoms with Gasteiger partial charge >= 0.3 is 0 Å². The topological polar surface area (TPSA) is 32.3 Å². The van der Waals surface area contributed by atoms with Crippen LogP contribution in [0.25, 0.3) is 0 Å². The molecule has 0 aromatic carbocycles. The second-order valence-electron chi connectivity index (χ2n) is 5.50. The summed E-state index contributed by atoms with van der Waals surface area (Å²) in [7, 11) is 0. The molecule has 0 aliphatic rings. The van der Waals surface area contributed by atoms with E-state index in [9.17, 15) is 4.79 Å². The van der Waals surface area contributed by atoms with Gasteiger partial charge in [-0.3, -0.25) is 4.79 Å². The van der Waals surface area contributed by atoms with Gasteiger partial charge in [0.25, 0.3) is 0 Å². The highest BCUT2D eigenvalue weighted by Crippen LogP contribution is 2.08. The minimum atomic E-state index is -0.0643. The Kier molecular flexibility index (Phi) is 10.9. The second-order valence-corrected chi connectivity index (χ2v) is 5.50. The summed E-state index contributed by atoms with van der Waals surface area (Å²) in [5.74, 6) is 0.225. The molecule has 1 N–H and O–H groups in total. The Bertz CT molecular complexity index is 227. The molecule has 0 aromatic rings. The molecule has 3 nitrogen and oxygen atoms in total. The Morgan fingerprint density at radius 1 is 1.00 bits per heavy atom. The molecule has 0 saturated heterocycles. The fourth-order valence-electron chi connectivity index (χ4n) is 2.44. The Labute approximate surface area is 120 Å². The first-order valence-corrected chi connectivity index (χ1v) is 8.11. The molecule has 2 atom stereocenters. The molecule has 3 heteroatoms. The van der Waals surface area contributed by atoms with Crippen molar-refractivity contribution in [3.05, 3.63) is 0 Å². The van der Waals surface area contributed by atoms with Crippen LogP contribution in [0.4, 0.5) is 0 Å². The monoisotopic (exact) mass is 270 g/mol. The van der Waals surface area contributed by atoms with Gasteiger partial charge in [0.05, 0.1) is 6.04 Å². The second kappa shape index (κ2) is 11.3. The van der Waals surface area contributed by atoms with Gasteiger partial charge in [-0.15, -0.1) is 0 Å². The van der Waals surface area contributed by atoms with E-state index < -0.39 is 0 Å². The van der Waals surface area contributed by atoms with Crippen LogP contribution < -0.4 is 5.32 Å². The van der Waals surface area contributed by atoms with Crippen LogP contribution >= 0.6 is 0 Å². The van der Waals surface area contributed by atoms with Crippen molar-refractivity contribution in [2.45, 2.75) is 85.2 Å². The average Bonchev–Trinajstić information content (AvgIpc) is 2.39. The van der Waals surface area contributed by atoms with Crippen LogP contribution in [0, 0.1) is 0 Å². The van der Waals surface area contributed by atoms with E-state index in [0.717, 1.165) is 13.1 Å². The molecule has 0 heterocycles. The standard InChI is InChI=1S/C16H34N2O/c1-6-9-10-11-12-13-14(4)17-15(5)16(19)18(7-2)8-3/h14-15,17H,6-13H2,1-5H3. The van der Waals surface area contributed by atoms with Crippen LogP contribution in [-0.2, 0) is 4.79 Å². The lowest BCUT2D eigenvalue weighted by Crippen LogP contribution is -2.47. The first-order chi connectivity index (χ1) is 9.06. The van der Waals surface area contributed by atoms with Crippen LogP contribution in [0.3, 0.4) is 0 Å². The summed E-state index contributed by atoms with van der Waals surface area (Å²) in [5.41, 5.74) is 0. The van der Waals surface area contributed by atoms with Crippen LogP contribution in [0.15, 0.2) is 0 Å². The number of amides is 1. The van der Waals surface area contributed by atoms with Gasteiger partial charge < -0.3 is 10.2 Å². The minimum Gasteiger partial charge on any atom is -0.342 e. The largest absolute Gasteiger partial charge is 0.342 e. The maximum Gasteiger partial charge on any atom is 0.239 e. The summed E-state index contributed by atoms with van der Waals surface area (Å²) >= 11 is 0. The van der Waals surface area contributed by atoms with Crippen molar-refractivity contribution in [3.8, 4) is 0 Å². The lowest BCUT2D eigenvalue weighted by Gasteiger charge is -2.26. The van der Waals surface area contributed by atoms with Crippen LogP contribution in [0.5, 0.6) is 0 Å². The Morgan fingerprint density at radius 2 is 1.58 bits per heavy atom. The normalized spacial score (nSPS) is 14.2. The molecule has 0 aliphatic heterocycles. The van der Waals surface area contributed by atoms with E-state index in [1.54, 1.807) is 0 Å². The van der Waals surface area contributed by atoms with Crippen molar-refractivity contribution in [3.63, 3.8) is 0 Å². The fraction of sp³-hybridized carbons (Fsp3) is 0.938. The molecule has 19 heavy (non-hydrogen) atoms. The van der Waals surface area contributed by atoms with E-state index in [0.29, 0.717) is 6.04 Å². The van der Waals surface area contributed by atoms with E-state index in [-0.39, 0.29) is 11.9 Å². The fourth-order valence-corrected chi connectivity index (χ4v) is 2.44. The van der Waals surface area contributed by atoms with Gasteiger partial charge in [0.15, 0.2) is 0 Å². The molecule has 0 fully saturated rings. The highest BCUT2D eigenvalue weighted by Gasteiger charge is 2.19. The molecular formula is C16H34N2O. The Hall–Kier alpha value is -0.570. The van der Waals surface area contributed by atoms with E-state index in [2.05, 4.69) is 19.2 Å². The molecule has 0 radical (unpaired) electrons. The number of likely N-dealkylation sites (N-methyl/N-ethyl adjacent to an activating group) is 1. The smallest absolute Gasteiger partial charge is 0.239 e. The van der Waals surface area contributed by atoms with Crippen LogP contribution in [0.1, 0.15) is 73.1 Å². The van der Waals surface area contributed by atoms with Crippen LogP contribution in [-0.4, -0.2) is 36.0 Å². The Balaban J connectivity index is 3.84. The molecule has 0 bridgehead atoms. The summed E-state index contributed by atoms with van der Waals surface area (Å²) in [4.78, 5) is 14.0. The molecular weight excluding hydrogens is 236 g/mol. The van der Waals surface area contributed by atoms with Crippen molar-refractivity contribution >= 4 is 5.91 Å². The number of rotatable bonds is 11. The highest BCUT2D eigenvalue weighted by atomic mass is 16.2. The zero-order valence-electron chi connectivity index (χ0n) is 13.7. The SMILES string of the molecule is CCCCCCCC(C)NC(C)C(=O)N(CC)CC. The summed E-state index contributed by atoms with van der Waals surface area (Å²) in [6, 6.07) is 0.363. The number of unbranched alkanes of at least 4 members (excludes halogenated alkanes) is 4. The minimum absolute atomic E-state index is 0.0643. The zero-order valence-corrected chi connectivity index (χ0v) is 13.7. The van der Waals surface area contributed by atoms with Crippen molar-refractivity contribution in [2.24, 2.45) is 0 Å². The van der Waals surface area contributed by atoms with Crippen molar-refractivity contribution in [1.82, 2.24) is 10.2 Å². The molecule has 0 saturated carbocycles. The molecule has 0 rings (SSSR count). The van der Waals surface area contributed by atoms with Crippen molar-refractivity contribution in [2.75, 3.05) is 13.1 Å². The summed E-state index contributed by atoms with van der Waals surface area (Å²) in [5, 5.41) is 3.43. The molecule has 114 valence electrons. The third kappa shape index (κ3) is 8.25. The summed E-state index contributed by atoms with van der Waals surface area (Å²) in [6.07, 6.45) is 7.73. The maximum atomic E-state index is 12.1. The third-order valence-corrected chi connectivity index (χ3v) is 3.72. The molecule has 1 amide bonds. The zero-order chi connectivity index (χ0) is 14.7. The van der Waals surface area contributed by atoms with Gasteiger partial charge in [-0.25, -0.2) is 0 Å². The van der Waals surface area contributed by atoms with Crippen LogP contribution in [0.2, 0.25) is 0 Å². The highest BCUT2D eigenvalue weighted by molar-refractivity contribution is 5.81.